The number of nitrogens with one attached hydrogen (secondary N) is 2. The van der Waals surface area contributed by atoms with Crippen molar-refractivity contribution in [2.24, 2.45) is 4.99 Å². The van der Waals surface area contributed by atoms with E-state index in [2.05, 4.69) is 50.6 Å². The molecule has 0 bridgehead atoms. The largest absolute Gasteiger partial charge is 0.359 e. The summed E-state index contributed by atoms with van der Waals surface area (Å²) in [4.78, 5) is 4.41. The van der Waals surface area contributed by atoms with Crippen molar-refractivity contribution >= 4 is 21.9 Å². The summed E-state index contributed by atoms with van der Waals surface area (Å²) in [5.74, 6) is 1.38. The fourth-order valence-corrected chi connectivity index (χ4v) is 2.34. The first-order valence-corrected chi connectivity index (χ1v) is 8.70. The molecule has 0 aliphatic carbocycles. The van der Waals surface area contributed by atoms with Gasteiger partial charge in [0.05, 0.1) is 18.8 Å². The van der Waals surface area contributed by atoms with Crippen LogP contribution in [-0.2, 0) is 13.1 Å². The Bertz CT molecular complexity index is 700. The number of halogens is 2. The van der Waals surface area contributed by atoms with Crippen LogP contribution >= 0.6 is 15.9 Å². The Balaban J connectivity index is 1.99. The van der Waals surface area contributed by atoms with Crippen molar-refractivity contribution in [2.45, 2.75) is 39.8 Å². The first-order chi connectivity index (χ1) is 11.5. The first kappa shape index (κ1) is 18.4. The summed E-state index contributed by atoms with van der Waals surface area (Å²) in [6.45, 7) is 7.53. The van der Waals surface area contributed by atoms with Gasteiger partial charge >= 0.3 is 0 Å². The predicted octanol–water partition coefficient (Wildman–Crippen LogP) is 3.95. The lowest BCUT2D eigenvalue weighted by Gasteiger charge is -2.10. The number of guanidine groups is 1. The lowest BCUT2D eigenvalue weighted by molar-refractivity contribution is 0.372. The van der Waals surface area contributed by atoms with Gasteiger partial charge in [-0.1, -0.05) is 41.0 Å². The number of rotatable bonds is 6. The maximum atomic E-state index is 13.9. The van der Waals surface area contributed by atoms with E-state index in [0.29, 0.717) is 35.0 Å². The van der Waals surface area contributed by atoms with E-state index in [1.165, 1.54) is 6.07 Å². The summed E-state index contributed by atoms with van der Waals surface area (Å²) in [6.07, 6.45) is 0. The number of aliphatic imine (C=N–C) groups is 1. The molecule has 0 radical (unpaired) electrons. The van der Waals surface area contributed by atoms with E-state index >= 15 is 0 Å². The van der Waals surface area contributed by atoms with Crippen LogP contribution < -0.4 is 10.6 Å². The first-order valence-electron chi connectivity index (χ1n) is 7.91. The van der Waals surface area contributed by atoms with Crippen LogP contribution in [0, 0.1) is 5.82 Å². The van der Waals surface area contributed by atoms with E-state index in [0.717, 1.165) is 11.5 Å². The zero-order chi connectivity index (χ0) is 17.5. The highest BCUT2D eigenvalue weighted by atomic mass is 79.9. The SMILES string of the molecule is CCNC(=NCc1ccc(Br)cc1F)NCc1cc(C(C)C)no1. The average molecular weight is 397 g/mol. The highest BCUT2D eigenvalue weighted by Crippen LogP contribution is 2.16. The van der Waals surface area contributed by atoms with E-state index < -0.39 is 0 Å². The number of nitrogens with zero attached hydrogens (tertiary/aromatic N) is 2. The minimum atomic E-state index is -0.277. The van der Waals surface area contributed by atoms with Crippen LogP contribution in [0.25, 0.3) is 0 Å². The molecule has 2 aromatic rings. The van der Waals surface area contributed by atoms with Gasteiger partial charge in [-0.15, -0.1) is 0 Å². The summed E-state index contributed by atoms with van der Waals surface area (Å²) in [6, 6.07) is 6.89. The van der Waals surface area contributed by atoms with Crippen LogP contribution in [0.1, 0.15) is 43.7 Å². The van der Waals surface area contributed by atoms with Crippen molar-refractivity contribution in [3.63, 3.8) is 0 Å². The summed E-state index contributed by atoms with van der Waals surface area (Å²) in [5.41, 5.74) is 1.46. The van der Waals surface area contributed by atoms with Crippen molar-refractivity contribution in [1.29, 1.82) is 0 Å². The van der Waals surface area contributed by atoms with Crippen molar-refractivity contribution < 1.29 is 8.91 Å². The molecular formula is C17H22BrFN4O. The zero-order valence-corrected chi connectivity index (χ0v) is 15.7. The number of hydrogen-bond donors (Lipinski definition) is 2. The van der Waals surface area contributed by atoms with Crippen LogP contribution in [0.2, 0.25) is 0 Å². The Hall–Kier alpha value is -1.89. The van der Waals surface area contributed by atoms with E-state index in [9.17, 15) is 4.39 Å². The van der Waals surface area contributed by atoms with E-state index in [1.807, 2.05) is 13.0 Å². The molecule has 0 saturated heterocycles. The minimum Gasteiger partial charge on any atom is -0.359 e. The zero-order valence-electron chi connectivity index (χ0n) is 14.1. The third-order valence-electron chi connectivity index (χ3n) is 3.37. The van der Waals surface area contributed by atoms with Crippen molar-refractivity contribution in [2.75, 3.05) is 6.54 Å². The van der Waals surface area contributed by atoms with E-state index in [4.69, 9.17) is 4.52 Å². The Morgan fingerprint density at radius 2 is 2.12 bits per heavy atom. The number of benzene rings is 1. The fraction of sp³-hybridized carbons (Fsp3) is 0.412. The number of aromatic nitrogens is 1. The van der Waals surface area contributed by atoms with Gasteiger partial charge in [0, 0.05) is 22.6 Å². The van der Waals surface area contributed by atoms with Gasteiger partial charge in [0.2, 0.25) is 0 Å². The molecule has 0 aliphatic heterocycles. The fourth-order valence-electron chi connectivity index (χ4n) is 2.01. The van der Waals surface area contributed by atoms with Crippen LogP contribution in [0.15, 0.2) is 38.3 Å². The maximum absolute atomic E-state index is 13.9. The van der Waals surface area contributed by atoms with Crippen LogP contribution in [0.3, 0.4) is 0 Å². The van der Waals surface area contributed by atoms with Gasteiger partial charge in [-0.25, -0.2) is 9.38 Å². The normalized spacial score (nSPS) is 11.8. The minimum absolute atomic E-state index is 0.252. The third kappa shape index (κ3) is 5.33. The molecule has 0 amide bonds. The topological polar surface area (TPSA) is 62.5 Å². The van der Waals surface area contributed by atoms with Gasteiger partial charge < -0.3 is 15.2 Å². The summed E-state index contributed by atoms with van der Waals surface area (Å²) in [7, 11) is 0. The summed E-state index contributed by atoms with van der Waals surface area (Å²) in [5, 5.41) is 10.3. The molecule has 0 fully saturated rings. The van der Waals surface area contributed by atoms with Gasteiger partial charge in [0.15, 0.2) is 11.7 Å². The van der Waals surface area contributed by atoms with Crippen molar-refractivity contribution in [1.82, 2.24) is 15.8 Å². The molecule has 24 heavy (non-hydrogen) atoms. The molecule has 0 saturated carbocycles. The Morgan fingerprint density at radius 3 is 2.75 bits per heavy atom. The second-order valence-electron chi connectivity index (χ2n) is 5.66. The molecule has 5 nitrogen and oxygen atoms in total. The molecule has 0 aliphatic rings. The van der Waals surface area contributed by atoms with Gasteiger partial charge in [-0.3, -0.25) is 0 Å². The Morgan fingerprint density at radius 1 is 1.33 bits per heavy atom. The molecule has 2 rings (SSSR count). The molecule has 1 heterocycles. The van der Waals surface area contributed by atoms with Gasteiger partial charge in [-0.05, 0) is 25.0 Å². The monoisotopic (exact) mass is 396 g/mol. The third-order valence-corrected chi connectivity index (χ3v) is 3.86. The summed E-state index contributed by atoms with van der Waals surface area (Å²) < 4.78 is 19.9. The second-order valence-corrected chi connectivity index (χ2v) is 6.57. The van der Waals surface area contributed by atoms with Gasteiger partial charge in [0.25, 0.3) is 0 Å². The van der Waals surface area contributed by atoms with Crippen LogP contribution in [-0.4, -0.2) is 17.7 Å². The summed E-state index contributed by atoms with van der Waals surface area (Å²) >= 11 is 3.25. The van der Waals surface area contributed by atoms with Crippen molar-refractivity contribution in [3.05, 3.63) is 51.6 Å². The molecule has 130 valence electrons. The average Bonchev–Trinajstić information content (AvgIpc) is 3.00. The number of hydrogen-bond acceptors (Lipinski definition) is 3. The second kappa shape index (κ2) is 8.82. The Labute approximate surface area is 149 Å². The van der Waals surface area contributed by atoms with Gasteiger partial charge in [-0.2, -0.15) is 0 Å². The van der Waals surface area contributed by atoms with Crippen molar-refractivity contribution in [3.8, 4) is 0 Å². The highest BCUT2D eigenvalue weighted by Gasteiger charge is 2.08. The van der Waals surface area contributed by atoms with Crippen LogP contribution in [0.5, 0.6) is 0 Å². The molecule has 2 N–H and O–H groups in total. The van der Waals surface area contributed by atoms with E-state index in [1.54, 1.807) is 12.1 Å². The predicted molar refractivity (Wildman–Crippen MR) is 96.3 cm³/mol. The molecular weight excluding hydrogens is 375 g/mol. The molecule has 0 atom stereocenters. The lowest BCUT2D eigenvalue weighted by atomic mass is 10.1. The lowest BCUT2D eigenvalue weighted by Crippen LogP contribution is -2.36. The van der Waals surface area contributed by atoms with E-state index in [-0.39, 0.29) is 12.4 Å². The molecule has 1 aromatic carbocycles. The molecule has 7 heteroatoms. The van der Waals surface area contributed by atoms with Crippen LogP contribution in [0.4, 0.5) is 4.39 Å². The maximum Gasteiger partial charge on any atom is 0.191 e. The molecule has 1 aromatic heterocycles. The molecule has 0 spiro atoms. The Kier molecular flexibility index (Phi) is 6.78. The molecule has 0 unspecified atom stereocenters. The smallest absolute Gasteiger partial charge is 0.191 e. The highest BCUT2D eigenvalue weighted by molar-refractivity contribution is 9.10. The van der Waals surface area contributed by atoms with Gasteiger partial charge in [0.1, 0.15) is 5.82 Å². The standard InChI is InChI=1S/C17H22BrFN4O/c1-4-20-17(21-9-12-5-6-13(18)7-15(12)19)22-10-14-8-16(11(2)3)23-24-14/h5-8,11H,4,9-10H2,1-3H3,(H2,20,21,22). The quantitative estimate of drug-likeness (QED) is 0.572.